The maximum Gasteiger partial charge on any atom is 0.237 e. The van der Waals surface area contributed by atoms with Crippen LogP contribution in [-0.2, 0) is 9.59 Å². The predicted octanol–water partition coefficient (Wildman–Crippen LogP) is 3.86. The summed E-state index contributed by atoms with van der Waals surface area (Å²) in [6.07, 6.45) is 0. The molecule has 2 aromatic carbocycles. The zero-order chi connectivity index (χ0) is 19.1. The van der Waals surface area contributed by atoms with Gasteiger partial charge in [-0.3, -0.25) is 9.59 Å². The van der Waals surface area contributed by atoms with Gasteiger partial charge in [-0.2, -0.15) is 0 Å². The molecule has 0 bridgehead atoms. The van der Waals surface area contributed by atoms with E-state index in [1.54, 1.807) is 23.9 Å². The standard InChI is InChI=1S/C20H22Cl2N2O2/c1-23(17(25)13-21)19(15-9-5-3-6-10-15)20(24(2)18(26)14-22)16-11-7-4-8-12-16/h3-12,19-20H,13-14H2,1-2H3/t19-,20-/m1/s1. The molecule has 6 heteroatoms. The van der Waals surface area contributed by atoms with Crippen LogP contribution in [-0.4, -0.2) is 47.5 Å². The minimum Gasteiger partial charge on any atom is -0.335 e. The molecular formula is C20H22Cl2N2O2. The van der Waals surface area contributed by atoms with Crippen molar-refractivity contribution in [2.45, 2.75) is 12.1 Å². The highest BCUT2D eigenvalue weighted by Crippen LogP contribution is 2.37. The first-order valence-corrected chi connectivity index (χ1v) is 9.31. The van der Waals surface area contributed by atoms with Gasteiger partial charge < -0.3 is 9.80 Å². The van der Waals surface area contributed by atoms with Crippen molar-refractivity contribution in [2.24, 2.45) is 0 Å². The third kappa shape index (κ3) is 4.57. The number of hydrogen-bond acceptors (Lipinski definition) is 2. The first-order chi connectivity index (χ1) is 12.5. The van der Waals surface area contributed by atoms with Crippen molar-refractivity contribution in [1.82, 2.24) is 9.80 Å². The van der Waals surface area contributed by atoms with E-state index >= 15 is 0 Å². The Kier molecular flexibility index (Phi) is 7.49. The van der Waals surface area contributed by atoms with E-state index in [4.69, 9.17) is 23.2 Å². The van der Waals surface area contributed by atoms with Gasteiger partial charge in [0.05, 0.1) is 12.1 Å². The van der Waals surface area contributed by atoms with E-state index in [-0.39, 0.29) is 23.6 Å². The largest absolute Gasteiger partial charge is 0.335 e. The smallest absolute Gasteiger partial charge is 0.237 e. The summed E-state index contributed by atoms with van der Waals surface area (Å²) in [5.41, 5.74) is 1.83. The van der Waals surface area contributed by atoms with Gasteiger partial charge in [0.1, 0.15) is 11.8 Å². The summed E-state index contributed by atoms with van der Waals surface area (Å²) in [5, 5.41) is 0. The number of rotatable bonds is 7. The molecule has 26 heavy (non-hydrogen) atoms. The summed E-state index contributed by atoms with van der Waals surface area (Å²) >= 11 is 11.6. The lowest BCUT2D eigenvalue weighted by Crippen LogP contribution is -2.43. The molecule has 0 aliphatic heterocycles. The number of likely N-dealkylation sites (N-methyl/N-ethyl adjacent to an activating group) is 2. The number of nitrogens with zero attached hydrogens (tertiary/aromatic N) is 2. The molecule has 0 saturated carbocycles. The average Bonchev–Trinajstić information content (AvgIpc) is 2.70. The van der Waals surface area contributed by atoms with Crippen LogP contribution in [0.5, 0.6) is 0 Å². The summed E-state index contributed by atoms with van der Waals surface area (Å²) in [5.74, 6) is -0.690. The minimum atomic E-state index is -0.401. The predicted molar refractivity (Wildman–Crippen MR) is 105 cm³/mol. The van der Waals surface area contributed by atoms with E-state index in [0.717, 1.165) is 11.1 Å². The van der Waals surface area contributed by atoms with E-state index in [1.165, 1.54) is 0 Å². The Hall–Kier alpha value is -2.04. The molecular weight excluding hydrogens is 371 g/mol. The Balaban J connectivity index is 2.60. The topological polar surface area (TPSA) is 40.6 Å². The Morgan fingerprint density at radius 2 is 1.04 bits per heavy atom. The summed E-state index contributed by atoms with van der Waals surface area (Å²) < 4.78 is 0. The first kappa shape index (κ1) is 20.3. The molecule has 2 aromatic rings. The maximum atomic E-state index is 12.4. The highest BCUT2D eigenvalue weighted by Gasteiger charge is 2.35. The number of carbonyl (C=O) groups excluding carboxylic acids is 2. The van der Waals surface area contributed by atoms with Gasteiger partial charge >= 0.3 is 0 Å². The van der Waals surface area contributed by atoms with Crippen molar-refractivity contribution in [3.8, 4) is 0 Å². The molecule has 0 spiro atoms. The lowest BCUT2D eigenvalue weighted by atomic mass is 9.91. The van der Waals surface area contributed by atoms with Crippen LogP contribution in [0.1, 0.15) is 23.2 Å². The fraction of sp³-hybridized carbons (Fsp3) is 0.300. The second kappa shape index (κ2) is 9.60. The Morgan fingerprint density at radius 1 is 0.731 bits per heavy atom. The molecule has 138 valence electrons. The van der Waals surface area contributed by atoms with Crippen LogP contribution in [0.2, 0.25) is 0 Å². The van der Waals surface area contributed by atoms with Gasteiger partial charge in [0, 0.05) is 14.1 Å². The van der Waals surface area contributed by atoms with Gasteiger partial charge in [-0.05, 0) is 11.1 Å². The maximum absolute atomic E-state index is 12.4. The van der Waals surface area contributed by atoms with Crippen LogP contribution in [0.25, 0.3) is 0 Å². The Morgan fingerprint density at radius 3 is 1.31 bits per heavy atom. The van der Waals surface area contributed by atoms with Crippen LogP contribution in [0, 0.1) is 0 Å². The molecule has 0 radical (unpaired) electrons. The lowest BCUT2D eigenvalue weighted by Gasteiger charge is -2.40. The normalized spacial score (nSPS) is 12.9. The Bertz CT molecular complexity index is 662. The third-order valence-electron chi connectivity index (χ3n) is 4.43. The number of alkyl halides is 2. The van der Waals surface area contributed by atoms with E-state index in [9.17, 15) is 9.59 Å². The van der Waals surface area contributed by atoms with Crippen molar-refractivity contribution < 1.29 is 9.59 Å². The van der Waals surface area contributed by atoms with Crippen LogP contribution < -0.4 is 0 Å². The first-order valence-electron chi connectivity index (χ1n) is 8.24. The number of carbonyl (C=O) groups is 2. The van der Waals surface area contributed by atoms with E-state index in [0.29, 0.717) is 0 Å². The highest BCUT2D eigenvalue weighted by molar-refractivity contribution is 6.27. The van der Waals surface area contributed by atoms with Gasteiger partial charge in [-0.1, -0.05) is 60.7 Å². The SMILES string of the molecule is CN(C(=O)CCl)[C@H](c1ccccc1)[C@@H](c1ccccc1)N(C)C(=O)CCl. The van der Waals surface area contributed by atoms with E-state index in [1.807, 2.05) is 60.7 Å². The average molecular weight is 393 g/mol. The van der Waals surface area contributed by atoms with Crippen molar-refractivity contribution >= 4 is 35.0 Å². The number of hydrogen-bond donors (Lipinski definition) is 0. The molecule has 0 fully saturated rings. The summed E-state index contributed by atoms with van der Waals surface area (Å²) in [6.45, 7) is 0. The quantitative estimate of drug-likeness (QED) is 0.671. The molecule has 0 saturated heterocycles. The molecule has 0 N–H and O–H groups in total. The van der Waals surface area contributed by atoms with Crippen molar-refractivity contribution in [3.63, 3.8) is 0 Å². The molecule has 0 aliphatic rings. The van der Waals surface area contributed by atoms with Gasteiger partial charge in [0.15, 0.2) is 0 Å². The molecule has 2 atom stereocenters. The number of amides is 2. The van der Waals surface area contributed by atoms with Crippen LogP contribution in [0.3, 0.4) is 0 Å². The molecule has 0 unspecified atom stereocenters. The van der Waals surface area contributed by atoms with E-state index in [2.05, 4.69) is 0 Å². The molecule has 0 aliphatic carbocycles. The number of benzene rings is 2. The second-order valence-electron chi connectivity index (χ2n) is 5.99. The van der Waals surface area contributed by atoms with E-state index < -0.39 is 12.1 Å². The fourth-order valence-corrected chi connectivity index (χ4v) is 3.41. The second-order valence-corrected chi connectivity index (χ2v) is 6.52. The van der Waals surface area contributed by atoms with Gasteiger partial charge in [-0.25, -0.2) is 0 Å². The van der Waals surface area contributed by atoms with Crippen LogP contribution in [0.4, 0.5) is 0 Å². The van der Waals surface area contributed by atoms with Crippen molar-refractivity contribution in [3.05, 3.63) is 71.8 Å². The molecule has 2 rings (SSSR count). The van der Waals surface area contributed by atoms with Gasteiger partial charge in [-0.15, -0.1) is 23.2 Å². The zero-order valence-electron chi connectivity index (χ0n) is 14.8. The Labute approximate surface area is 164 Å². The highest BCUT2D eigenvalue weighted by atomic mass is 35.5. The monoisotopic (exact) mass is 392 g/mol. The van der Waals surface area contributed by atoms with Gasteiger partial charge in [0.2, 0.25) is 11.8 Å². The minimum absolute atomic E-state index is 0.130. The fourth-order valence-electron chi connectivity index (χ4n) is 3.03. The van der Waals surface area contributed by atoms with Crippen LogP contribution >= 0.6 is 23.2 Å². The van der Waals surface area contributed by atoms with Gasteiger partial charge in [0.25, 0.3) is 0 Å². The summed E-state index contributed by atoms with van der Waals surface area (Å²) in [7, 11) is 3.41. The molecule has 0 heterocycles. The molecule has 4 nitrogen and oxygen atoms in total. The summed E-state index contributed by atoms with van der Waals surface area (Å²) in [4.78, 5) is 28.0. The van der Waals surface area contributed by atoms with Crippen molar-refractivity contribution in [1.29, 1.82) is 0 Å². The zero-order valence-corrected chi connectivity index (χ0v) is 16.3. The lowest BCUT2D eigenvalue weighted by molar-refractivity contribution is -0.136. The summed E-state index contributed by atoms with van der Waals surface area (Å²) in [6, 6.07) is 18.4. The number of halogens is 2. The third-order valence-corrected chi connectivity index (χ3v) is 4.89. The molecule has 2 amide bonds. The van der Waals surface area contributed by atoms with Crippen LogP contribution in [0.15, 0.2) is 60.7 Å². The van der Waals surface area contributed by atoms with Crippen molar-refractivity contribution in [2.75, 3.05) is 25.9 Å². The molecule has 0 aromatic heterocycles.